The highest BCUT2D eigenvalue weighted by Gasteiger charge is 2.58. The van der Waals surface area contributed by atoms with Crippen molar-refractivity contribution in [1.82, 2.24) is 0 Å². The number of carbonyl (C=O) groups excluding carboxylic acids is 2. The molecule has 0 radical (unpaired) electrons. The van der Waals surface area contributed by atoms with Crippen LogP contribution in [0.3, 0.4) is 0 Å². The van der Waals surface area contributed by atoms with Crippen molar-refractivity contribution in [2.45, 2.75) is 79.2 Å². The highest BCUT2D eigenvalue weighted by atomic mass is 16.6. The summed E-state index contributed by atoms with van der Waals surface area (Å²) in [5.41, 5.74) is 1.29. The first-order valence-corrected chi connectivity index (χ1v) is 10.2. The molecule has 4 heteroatoms. The van der Waals surface area contributed by atoms with E-state index in [1.165, 1.54) is 18.9 Å². The number of allylic oxidation sites excluding steroid dienone is 1. The van der Waals surface area contributed by atoms with Crippen LogP contribution in [0.5, 0.6) is 0 Å². The molecule has 3 rings (SSSR count). The van der Waals surface area contributed by atoms with Gasteiger partial charge in [-0.25, -0.2) is 0 Å². The summed E-state index contributed by atoms with van der Waals surface area (Å²) in [6, 6.07) is 0. The quantitative estimate of drug-likeness (QED) is 0.509. The fraction of sp³-hybridized carbons (Fsp3) is 0.818. The van der Waals surface area contributed by atoms with Gasteiger partial charge in [0.05, 0.1) is 12.0 Å². The summed E-state index contributed by atoms with van der Waals surface area (Å²) < 4.78 is 10.7. The molecule has 1 saturated heterocycles. The Morgan fingerprint density at radius 2 is 2.08 bits per heavy atom. The molecular formula is C22H34O4. The zero-order chi connectivity index (χ0) is 19.1. The van der Waals surface area contributed by atoms with Crippen molar-refractivity contribution < 1.29 is 19.1 Å². The molecule has 0 aromatic heterocycles. The van der Waals surface area contributed by atoms with E-state index >= 15 is 0 Å². The number of ether oxygens (including phenoxy) is 2. The van der Waals surface area contributed by atoms with Crippen LogP contribution in [0.15, 0.2) is 11.6 Å². The maximum absolute atomic E-state index is 12.5. The van der Waals surface area contributed by atoms with E-state index in [2.05, 4.69) is 33.8 Å². The molecule has 0 amide bonds. The van der Waals surface area contributed by atoms with Crippen LogP contribution in [0.2, 0.25) is 0 Å². The Bertz CT molecular complexity index is 609. The normalized spacial score (nSPS) is 39.7. The molecule has 2 aliphatic carbocycles. The Morgan fingerprint density at radius 3 is 2.77 bits per heavy atom. The zero-order valence-corrected chi connectivity index (χ0v) is 17.0. The smallest absolute Gasteiger partial charge is 0.313 e. The lowest BCUT2D eigenvalue weighted by atomic mass is 9.52. The maximum Gasteiger partial charge on any atom is 0.313 e. The van der Waals surface area contributed by atoms with Crippen LogP contribution in [-0.2, 0) is 19.1 Å². The number of hydrogen-bond acceptors (Lipinski definition) is 4. The van der Waals surface area contributed by atoms with Gasteiger partial charge in [-0.1, -0.05) is 26.3 Å². The molecular weight excluding hydrogens is 328 g/mol. The van der Waals surface area contributed by atoms with E-state index < -0.39 is 0 Å². The van der Waals surface area contributed by atoms with Crippen LogP contribution in [0.25, 0.3) is 0 Å². The van der Waals surface area contributed by atoms with Gasteiger partial charge in [0.15, 0.2) is 0 Å². The van der Waals surface area contributed by atoms with Crippen molar-refractivity contribution in [3.63, 3.8) is 0 Å². The van der Waals surface area contributed by atoms with Gasteiger partial charge >= 0.3 is 11.9 Å². The van der Waals surface area contributed by atoms with Crippen molar-refractivity contribution in [3.05, 3.63) is 11.6 Å². The predicted molar refractivity (Wildman–Crippen MR) is 100 cm³/mol. The van der Waals surface area contributed by atoms with Crippen molar-refractivity contribution in [2.75, 3.05) is 6.61 Å². The summed E-state index contributed by atoms with van der Waals surface area (Å²) >= 11 is 0. The van der Waals surface area contributed by atoms with Gasteiger partial charge in [0, 0.05) is 13.3 Å². The minimum absolute atomic E-state index is 0.00500. The van der Waals surface area contributed by atoms with Crippen LogP contribution in [0, 0.1) is 28.6 Å². The first-order chi connectivity index (χ1) is 12.2. The third-order valence-corrected chi connectivity index (χ3v) is 7.57. The Balaban J connectivity index is 1.71. The molecule has 0 spiro atoms. The van der Waals surface area contributed by atoms with E-state index in [0.29, 0.717) is 24.4 Å². The van der Waals surface area contributed by atoms with Gasteiger partial charge < -0.3 is 9.47 Å². The first-order valence-electron chi connectivity index (χ1n) is 10.2. The predicted octanol–water partition coefficient (Wildman–Crippen LogP) is 4.67. The topological polar surface area (TPSA) is 52.6 Å². The molecule has 1 aliphatic heterocycles. The van der Waals surface area contributed by atoms with E-state index in [-0.39, 0.29) is 28.9 Å². The highest BCUT2D eigenvalue weighted by Crippen LogP contribution is 2.60. The third kappa shape index (κ3) is 3.32. The Kier molecular flexibility index (Phi) is 5.24. The van der Waals surface area contributed by atoms with Gasteiger partial charge in [-0.2, -0.15) is 0 Å². The van der Waals surface area contributed by atoms with Crippen LogP contribution < -0.4 is 0 Å². The lowest BCUT2D eigenvalue weighted by molar-refractivity contribution is -0.148. The Morgan fingerprint density at radius 1 is 1.35 bits per heavy atom. The minimum Gasteiger partial charge on any atom is -0.466 e. The van der Waals surface area contributed by atoms with Crippen molar-refractivity contribution in [1.29, 1.82) is 0 Å². The zero-order valence-electron chi connectivity index (χ0n) is 17.0. The average molecular weight is 363 g/mol. The summed E-state index contributed by atoms with van der Waals surface area (Å²) in [4.78, 5) is 23.4. The van der Waals surface area contributed by atoms with E-state index in [9.17, 15) is 9.59 Å². The first kappa shape index (κ1) is 19.4. The standard InChI is InChI=1S/C22H34O4/c1-14(9-11-25-16(3)23)8-10-21(4)15(2)6-7-18-19(21)12-17-13-22(18,5)20(24)26-17/h12,14-15,17-18H,6-11,13H2,1-5H3. The third-order valence-electron chi connectivity index (χ3n) is 7.57. The molecule has 0 aromatic carbocycles. The van der Waals surface area contributed by atoms with E-state index in [1.807, 2.05) is 0 Å². The molecule has 0 N–H and O–H groups in total. The molecule has 3 aliphatic rings. The van der Waals surface area contributed by atoms with E-state index in [1.54, 1.807) is 0 Å². The number of fused-ring (bicyclic) bond motifs is 4. The van der Waals surface area contributed by atoms with Gasteiger partial charge in [0.2, 0.25) is 0 Å². The van der Waals surface area contributed by atoms with Crippen LogP contribution >= 0.6 is 0 Å². The number of hydrogen-bond donors (Lipinski definition) is 0. The lowest BCUT2D eigenvalue weighted by Gasteiger charge is -2.51. The molecule has 146 valence electrons. The molecule has 2 fully saturated rings. The monoisotopic (exact) mass is 362 g/mol. The summed E-state index contributed by atoms with van der Waals surface area (Å²) in [5, 5.41) is 0. The van der Waals surface area contributed by atoms with Crippen molar-refractivity contribution in [3.8, 4) is 0 Å². The summed E-state index contributed by atoms with van der Waals surface area (Å²) in [7, 11) is 0. The van der Waals surface area contributed by atoms with Crippen LogP contribution in [-0.4, -0.2) is 24.6 Å². The van der Waals surface area contributed by atoms with Crippen LogP contribution in [0.1, 0.15) is 73.1 Å². The fourth-order valence-electron chi connectivity index (χ4n) is 5.42. The summed E-state index contributed by atoms with van der Waals surface area (Å²) in [5.74, 6) is 1.28. The minimum atomic E-state index is -0.322. The van der Waals surface area contributed by atoms with Gasteiger partial charge in [0.25, 0.3) is 0 Å². The van der Waals surface area contributed by atoms with Gasteiger partial charge in [-0.15, -0.1) is 0 Å². The highest BCUT2D eigenvalue weighted by molar-refractivity contribution is 5.81. The second kappa shape index (κ2) is 7.01. The largest absolute Gasteiger partial charge is 0.466 e. The average Bonchev–Trinajstić information content (AvgIpc) is 2.79. The molecule has 26 heavy (non-hydrogen) atoms. The van der Waals surface area contributed by atoms with Crippen LogP contribution in [0.4, 0.5) is 0 Å². The van der Waals surface area contributed by atoms with Crippen molar-refractivity contribution in [2.24, 2.45) is 28.6 Å². The Labute approximate surface area is 157 Å². The number of rotatable bonds is 6. The Hall–Kier alpha value is -1.32. The molecule has 6 unspecified atom stereocenters. The molecule has 4 nitrogen and oxygen atoms in total. The lowest BCUT2D eigenvalue weighted by Crippen LogP contribution is -2.45. The van der Waals surface area contributed by atoms with Gasteiger partial charge in [0.1, 0.15) is 6.10 Å². The number of carbonyl (C=O) groups is 2. The molecule has 0 aromatic rings. The maximum atomic E-state index is 12.5. The molecule has 6 atom stereocenters. The van der Waals surface area contributed by atoms with Gasteiger partial charge in [-0.3, -0.25) is 9.59 Å². The van der Waals surface area contributed by atoms with Crippen molar-refractivity contribution >= 4 is 11.9 Å². The van der Waals surface area contributed by atoms with Gasteiger partial charge in [-0.05, 0) is 68.3 Å². The fourth-order valence-corrected chi connectivity index (χ4v) is 5.42. The van der Waals surface area contributed by atoms with E-state index in [0.717, 1.165) is 32.1 Å². The number of esters is 2. The molecule has 2 bridgehead atoms. The SMILES string of the molecule is CC(=O)OCCC(C)CCC1(C)C2=CC3CC(C)(C(=O)O3)C2CCC1C. The second-order valence-electron chi connectivity index (χ2n) is 9.41. The summed E-state index contributed by atoms with van der Waals surface area (Å²) in [6.45, 7) is 11.1. The molecule has 1 heterocycles. The van der Waals surface area contributed by atoms with E-state index in [4.69, 9.17) is 9.47 Å². The second-order valence-corrected chi connectivity index (χ2v) is 9.41. The summed E-state index contributed by atoms with van der Waals surface area (Å²) in [6.07, 6.45) is 8.53. The molecule has 1 saturated carbocycles.